The summed E-state index contributed by atoms with van der Waals surface area (Å²) >= 11 is 0. The molecule has 0 radical (unpaired) electrons. The molecule has 11 heteroatoms. The number of sulfone groups is 1. The van der Waals surface area contributed by atoms with Gasteiger partial charge in [-0.15, -0.1) is 0 Å². The quantitative estimate of drug-likeness (QED) is 0.281. The Morgan fingerprint density at radius 2 is 1.76 bits per heavy atom. The molecule has 0 bridgehead atoms. The summed E-state index contributed by atoms with van der Waals surface area (Å²) in [6, 6.07) is 14.1. The van der Waals surface area contributed by atoms with E-state index in [9.17, 15) is 26.4 Å². The highest BCUT2D eigenvalue weighted by molar-refractivity contribution is 7.90. The predicted molar refractivity (Wildman–Crippen MR) is 145 cm³/mol. The van der Waals surface area contributed by atoms with E-state index in [4.69, 9.17) is 19.3 Å². The molecule has 1 aliphatic carbocycles. The van der Waals surface area contributed by atoms with Crippen LogP contribution in [0.2, 0.25) is 0 Å². The van der Waals surface area contributed by atoms with Crippen LogP contribution in [-0.2, 0) is 27.2 Å². The zero-order valence-electron chi connectivity index (χ0n) is 22.2. The first-order valence-electron chi connectivity index (χ1n) is 13.2. The molecule has 1 N–H and O–H groups in total. The first kappa shape index (κ1) is 28.8. The van der Waals surface area contributed by atoms with Crippen LogP contribution < -0.4 is 14.2 Å². The molecule has 3 aromatic rings. The third-order valence-corrected chi connectivity index (χ3v) is 8.32. The Kier molecular flexibility index (Phi) is 7.91. The largest absolute Gasteiger partial charge is 0.494 e. The number of carboxylic acids is 1. The maximum Gasteiger partial charge on any atom is 0.417 e. The van der Waals surface area contributed by atoms with Gasteiger partial charge in [0.1, 0.15) is 33.2 Å². The maximum atomic E-state index is 14.1. The van der Waals surface area contributed by atoms with Crippen molar-refractivity contribution in [3.05, 3.63) is 76.9 Å². The number of fused-ring (bicyclic) bond motifs is 2. The zero-order chi connectivity index (χ0) is 29.4. The van der Waals surface area contributed by atoms with Gasteiger partial charge in [0.2, 0.25) is 0 Å². The summed E-state index contributed by atoms with van der Waals surface area (Å²) in [7, 11) is -3.10. The fraction of sp³-hybridized carbons (Fsp3) is 0.367. The van der Waals surface area contributed by atoms with Crippen molar-refractivity contribution in [2.45, 2.75) is 43.9 Å². The Bertz CT molecular complexity index is 1550. The predicted octanol–water partition coefficient (Wildman–Crippen LogP) is 6.20. The molecule has 41 heavy (non-hydrogen) atoms. The van der Waals surface area contributed by atoms with Gasteiger partial charge in [-0.3, -0.25) is 4.79 Å². The lowest BCUT2D eigenvalue weighted by molar-refractivity contribution is -0.138. The Morgan fingerprint density at radius 3 is 2.44 bits per heavy atom. The number of hydrogen-bond acceptors (Lipinski definition) is 6. The molecule has 0 amide bonds. The lowest BCUT2D eigenvalue weighted by Crippen LogP contribution is -2.10. The van der Waals surface area contributed by atoms with Gasteiger partial charge in [0.15, 0.2) is 0 Å². The second-order valence-electron chi connectivity index (χ2n) is 10.4. The number of carbonyl (C=O) groups is 1. The zero-order valence-corrected chi connectivity index (χ0v) is 23.1. The second-order valence-corrected chi connectivity index (χ2v) is 12.6. The monoisotopic (exact) mass is 590 g/mol. The highest BCUT2D eigenvalue weighted by Crippen LogP contribution is 2.47. The fourth-order valence-electron chi connectivity index (χ4n) is 5.46. The van der Waals surface area contributed by atoms with Gasteiger partial charge < -0.3 is 19.3 Å². The van der Waals surface area contributed by atoms with Crippen LogP contribution in [-0.4, -0.2) is 44.7 Å². The smallest absolute Gasteiger partial charge is 0.417 e. The van der Waals surface area contributed by atoms with Crippen molar-refractivity contribution in [3.8, 4) is 28.4 Å². The molecule has 5 rings (SSSR count). The summed E-state index contributed by atoms with van der Waals surface area (Å²) in [5.41, 5.74) is 1.83. The minimum absolute atomic E-state index is 0.0108. The van der Waals surface area contributed by atoms with E-state index >= 15 is 0 Å². The molecular formula is C30H29F3O7S. The molecule has 218 valence electrons. The van der Waals surface area contributed by atoms with Gasteiger partial charge >= 0.3 is 12.1 Å². The standard InChI is InChI=1S/C30H29F3O7S/c1-41(36,37)14-2-13-38-20-5-3-18(4-6-20)29-24-10-12-26(23(24)9-11-25(29)30(31,32)33)40-21-7-8-22-19(15-28(34)35)17-39-27(22)16-21/h3-9,11,16,19,26H,2,10,12-15,17H2,1H3,(H,34,35)/t19?,26-/m1/s1. The van der Waals surface area contributed by atoms with Crippen LogP contribution in [0.1, 0.15) is 53.5 Å². The summed E-state index contributed by atoms with van der Waals surface area (Å²) in [5, 5.41) is 9.12. The number of hydrogen-bond donors (Lipinski definition) is 1. The van der Waals surface area contributed by atoms with E-state index in [2.05, 4.69) is 0 Å². The average molecular weight is 591 g/mol. The molecule has 0 saturated carbocycles. The number of carboxylic acid groups (broad SMARTS) is 1. The molecule has 3 aromatic carbocycles. The van der Waals surface area contributed by atoms with Gasteiger partial charge in [0.05, 0.1) is 31.0 Å². The molecule has 1 aliphatic heterocycles. The first-order valence-corrected chi connectivity index (χ1v) is 15.2. The molecule has 1 unspecified atom stereocenters. The first-order chi connectivity index (χ1) is 19.4. The Labute approximate surface area is 235 Å². The summed E-state index contributed by atoms with van der Waals surface area (Å²) in [6.45, 7) is 0.444. The van der Waals surface area contributed by atoms with Gasteiger partial charge in [-0.2, -0.15) is 13.2 Å². The van der Waals surface area contributed by atoms with Gasteiger partial charge in [-0.1, -0.05) is 24.3 Å². The fourth-order valence-corrected chi connectivity index (χ4v) is 6.10. The minimum Gasteiger partial charge on any atom is -0.494 e. The number of aliphatic carboxylic acids is 1. The van der Waals surface area contributed by atoms with Gasteiger partial charge in [0.25, 0.3) is 0 Å². The van der Waals surface area contributed by atoms with Crippen LogP contribution in [0.15, 0.2) is 54.6 Å². The SMILES string of the molecule is CS(=O)(=O)CCCOc1ccc(-c2c(C(F)(F)F)ccc3c2CC[C@H]3Oc2ccc3c(c2)OCC3CC(=O)O)cc1. The van der Waals surface area contributed by atoms with Crippen molar-refractivity contribution in [2.75, 3.05) is 25.2 Å². The van der Waals surface area contributed by atoms with E-state index in [0.717, 1.165) is 17.9 Å². The van der Waals surface area contributed by atoms with Crippen molar-refractivity contribution in [1.82, 2.24) is 0 Å². The molecule has 2 aliphatic rings. The Hall–Kier alpha value is -3.73. The van der Waals surface area contributed by atoms with Crippen LogP contribution in [0.5, 0.6) is 17.2 Å². The summed E-state index contributed by atoms with van der Waals surface area (Å²) in [5.74, 6) is 0.332. The van der Waals surface area contributed by atoms with Crippen LogP contribution in [0.4, 0.5) is 13.2 Å². The number of rotatable bonds is 10. The second kappa shape index (κ2) is 11.3. The van der Waals surface area contributed by atoms with Crippen LogP contribution in [0.3, 0.4) is 0 Å². The molecular weight excluding hydrogens is 561 g/mol. The van der Waals surface area contributed by atoms with E-state index < -0.39 is 33.7 Å². The van der Waals surface area contributed by atoms with Crippen molar-refractivity contribution in [3.63, 3.8) is 0 Å². The maximum absolute atomic E-state index is 14.1. The number of alkyl halides is 3. The molecule has 2 atom stereocenters. The highest BCUT2D eigenvalue weighted by atomic mass is 32.2. The van der Waals surface area contributed by atoms with Gasteiger partial charge in [0, 0.05) is 23.8 Å². The van der Waals surface area contributed by atoms with Crippen LogP contribution in [0, 0.1) is 0 Å². The van der Waals surface area contributed by atoms with E-state index in [1.54, 1.807) is 42.5 Å². The molecule has 0 spiro atoms. The summed E-state index contributed by atoms with van der Waals surface area (Å²) in [6.07, 6.45) is -2.72. The van der Waals surface area contributed by atoms with Crippen molar-refractivity contribution < 1.29 is 45.7 Å². The third-order valence-electron chi connectivity index (χ3n) is 7.29. The molecule has 0 aromatic heterocycles. The van der Waals surface area contributed by atoms with E-state index in [1.165, 1.54) is 6.07 Å². The number of ether oxygens (including phenoxy) is 3. The van der Waals surface area contributed by atoms with E-state index in [0.29, 0.717) is 53.2 Å². The highest BCUT2D eigenvalue weighted by Gasteiger charge is 2.38. The average Bonchev–Trinajstić information content (AvgIpc) is 3.49. The topological polar surface area (TPSA) is 99.1 Å². The van der Waals surface area contributed by atoms with Crippen LogP contribution in [0.25, 0.3) is 11.1 Å². The van der Waals surface area contributed by atoms with Crippen molar-refractivity contribution in [1.29, 1.82) is 0 Å². The number of halogens is 3. The molecule has 0 fully saturated rings. The lowest BCUT2D eigenvalue weighted by atomic mass is 9.91. The van der Waals surface area contributed by atoms with Crippen molar-refractivity contribution >= 4 is 15.8 Å². The molecule has 1 heterocycles. The third kappa shape index (κ3) is 6.61. The van der Waals surface area contributed by atoms with E-state index in [-0.39, 0.29) is 36.9 Å². The Balaban J connectivity index is 1.37. The van der Waals surface area contributed by atoms with Gasteiger partial charge in [-0.25, -0.2) is 8.42 Å². The van der Waals surface area contributed by atoms with Gasteiger partial charge in [-0.05, 0) is 65.8 Å². The molecule has 0 saturated heterocycles. The summed E-state index contributed by atoms with van der Waals surface area (Å²) < 4.78 is 82.4. The summed E-state index contributed by atoms with van der Waals surface area (Å²) in [4.78, 5) is 11.1. The normalized spacial score (nSPS) is 18.0. The van der Waals surface area contributed by atoms with Crippen molar-refractivity contribution in [2.24, 2.45) is 0 Å². The Morgan fingerprint density at radius 1 is 1.05 bits per heavy atom. The van der Waals surface area contributed by atoms with Crippen LogP contribution >= 0.6 is 0 Å². The number of benzene rings is 3. The van der Waals surface area contributed by atoms with E-state index in [1.807, 2.05) is 0 Å². The minimum atomic E-state index is -4.56. The molecule has 7 nitrogen and oxygen atoms in total. The lowest BCUT2D eigenvalue weighted by Gasteiger charge is -2.20.